The van der Waals surface area contributed by atoms with Crippen LogP contribution < -0.4 is 16.0 Å². The Bertz CT molecular complexity index is 1480. The van der Waals surface area contributed by atoms with Gasteiger partial charge in [-0.2, -0.15) is 5.26 Å². The van der Waals surface area contributed by atoms with E-state index in [2.05, 4.69) is 32.0 Å². The monoisotopic (exact) mass is 484 g/mol. The molecule has 0 atom stereocenters. The van der Waals surface area contributed by atoms with E-state index >= 15 is 0 Å². The van der Waals surface area contributed by atoms with E-state index in [1.54, 1.807) is 63.5 Å². The van der Waals surface area contributed by atoms with Crippen LogP contribution in [0.2, 0.25) is 0 Å². The number of thiophene rings is 1. The number of nitriles is 1. The summed E-state index contributed by atoms with van der Waals surface area (Å²) < 4.78 is 0. The number of nitrogens with zero attached hydrogens (tertiary/aromatic N) is 3. The molecule has 0 aliphatic carbocycles. The fraction of sp³-hybridized carbons (Fsp3) is 0.192. The van der Waals surface area contributed by atoms with Crippen molar-refractivity contribution in [1.29, 1.82) is 5.26 Å². The molecule has 8 nitrogen and oxygen atoms in total. The van der Waals surface area contributed by atoms with Gasteiger partial charge in [0.2, 0.25) is 0 Å². The molecule has 0 saturated carbocycles. The van der Waals surface area contributed by atoms with E-state index in [9.17, 15) is 14.9 Å². The van der Waals surface area contributed by atoms with Crippen molar-refractivity contribution in [1.82, 2.24) is 9.97 Å². The van der Waals surface area contributed by atoms with Crippen LogP contribution in [0.5, 0.6) is 0 Å². The highest BCUT2D eigenvalue weighted by Crippen LogP contribution is 2.27. The third-order valence-corrected chi connectivity index (χ3v) is 6.61. The fourth-order valence-electron chi connectivity index (χ4n) is 3.38. The van der Waals surface area contributed by atoms with Gasteiger partial charge in [0.15, 0.2) is 0 Å². The van der Waals surface area contributed by atoms with Crippen LogP contribution in [0.3, 0.4) is 0 Å². The van der Waals surface area contributed by atoms with Gasteiger partial charge in [0.1, 0.15) is 16.2 Å². The standard InChI is InChI=1S/C26H24N6O2S/c1-15-8-9-18(30-23(33)16-6-5-7-17(10-16)26(2,3)14-27)11-19(15)31-24(34)21-12-20-25(35-21)32-22(28-4)13-29-20/h5-13H,1-4H3,(H,28,32)(H,30,33)(H,31,34). The molecule has 0 fully saturated rings. The Balaban J connectivity index is 1.52. The molecular weight excluding hydrogens is 460 g/mol. The molecule has 0 saturated heterocycles. The zero-order valence-corrected chi connectivity index (χ0v) is 20.6. The van der Waals surface area contributed by atoms with E-state index in [0.717, 1.165) is 11.1 Å². The molecule has 0 unspecified atom stereocenters. The molecule has 2 amide bonds. The molecule has 0 radical (unpaired) electrons. The number of anilines is 3. The van der Waals surface area contributed by atoms with Gasteiger partial charge in [0, 0.05) is 24.0 Å². The van der Waals surface area contributed by atoms with Gasteiger partial charge >= 0.3 is 0 Å². The number of carbonyl (C=O) groups excluding carboxylic acids is 2. The third kappa shape index (κ3) is 5.13. The van der Waals surface area contributed by atoms with Crippen LogP contribution in [-0.4, -0.2) is 28.8 Å². The number of amides is 2. The van der Waals surface area contributed by atoms with Crippen LogP contribution in [0.1, 0.15) is 45.0 Å². The van der Waals surface area contributed by atoms with E-state index in [1.807, 2.05) is 19.1 Å². The lowest BCUT2D eigenvalue weighted by Crippen LogP contribution is -2.17. The minimum absolute atomic E-state index is 0.279. The Kier molecular flexibility index (Phi) is 6.49. The number of benzene rings is 2. The maximum atomic E-state index is 12.9. The van der Waals surface area contributed by atoms with Crippen LogP contribution in [0.25, 0.3) is 10.3 Å². The number of aryl methyl sites for hydroxylation is 1. The lowest BCUT2D eigenvalue weighted by atomic mass is 9.85. The Labute approximate surface area is 207 Å². The summed E-state index contributed by atoms with van der Waals surface area (Å²) in [5.41, 5.74) is 3.13. The van der Waals surface area contributed by atoms with Gasteiger partial charge in [-0.3, -0.25) is 9.59 Å². The Morgan fingerprint density at radius 2 is 1.86 bits per heavy atom. The molecule has 4 aromatic rings. The van der Waals surface area contributed by atoms with E-state index in [-0.39, 0.29) is 11.8 Å². The number of hydrogen-bond acceptors (Lipinski definition) is 7. The summed E-state index contributed by atoms with van der Waals surface area (Å²) in [7, 11) is 1.76. The first kappa shape index (κ1) is 23.9. The molecule has 4 rings (SSSR count). The Morgan fingerprint density at radius 1 is 1.06 bits per heavy atom. The molecule has 0 aliphatic rings. The van der Waals surface area contributed by atoms with Gasteiger partial charge in [-0.15, -0.1) is 11.3 Å². The molecule has 35 heavy (non-hydrogen) atoms. The van der Waals surface area contributed by atoms with Gasteiger partial charge in [-0.1, -0.05) is 18.2 Å². The largest absolute Gasteiger partial charge is 0.372 e. The maximum Gasteiger partial charge on any atom is 0.265 e. The number of hydrogen-bond donors (Lipinski definition) is 3. The van der Waals surface area contributed by atoms with Crippen molar-refractivity contribution in [2.75, 3.05) is 23.0 Å². The SMILES string of the molecule is CNc1cnc2cc(C(=O)Nc3cc(NC(=O)c4cccc(C(C)(C)C#N)c4)ccc3C)sc2n1. The fourth-order valence-corrected chi connectivity index (χ4v) is 4.26. The average molecular weight is 485 g/mol. The van der Waals surface area contributed by atoms with Crippen molar-refractivity contribution in [2.45, 2.75) is 26.2 Å². The predicted octanol–water partition coefficient (Wildman–Crippen LogP) is 5.35. The minimum Gasteiger partial charge on any atom is -0.372 e. The first-order valence-corrected chi connectivity index (χ1v) is 11.7. The molecule has 0 aliphatic heterocycles. The molecular formula is C26H24N6O2S. The summed E-state index contributed by atoms with van der Waals surface area (Å²) in [4.78, 5) is 35.7. The summed E-state index contributed by atoms with van der Waals surface area (Å²) in [6.07, 6.45) is 1.62. The van der Waals surface area contributed by atoms with E-state index in [1.165, 1.54) is 11.3 Å². The molecule has 176 valence electrons. The van der Waals surface area contributed by atoms with Gasteiger partial charge in [0.25, 0.3) is 11.8 Å². The highest BCUT2D eigenvalue weighted by molar-refractivity contribution is 7.20. The van der Waals surface area contributed by atoms with E-state index in [0.29, 0.717) is 38.0 Å². The van der Waals surface area contributed by atoms with Gasteiger partial charge < -0.3 is 16.0 Å². The van der Waals surface area contributed by atoms with Crippen molar-refractivity contribution in [3.63, 3.8) is 0 Å². The maximum absolute atomic E-state index is 12.9. The second-order valence-corrected chi connectivity index (χ2v) is 9.59. The third-order valence-electron chi connectivity index (χ3n) is 5.59. The van der Waals surface area contributed by atoms with Crippen molar-refractivity contribution < 1.29 is 9.59 Å². The second-order valence-electron chi connectivity index (χ2n) is 8.56. The average Bonchev–Trinajstić information content (AvgIpc) is 3.29. The van der Waals surface area contributed by atoms with E-state index < -0.39 is 5.41 Å². The zero-order chi connectivity index (χ0) is 25.2. The number of nitrogens with one attached hydrogen (secondary N) is 3. The Hall–Kier alpha value is -4.29. The van der Waals surface area contributed by atoms with Crippen molar-refractivity contribution >= 4 is 50.7 Å². The first-order valence-electron chi connectivity index (χ1n) is 10.9. The van der Waals surface area contributed by atoms with Gasteiger partial charge in [-0.25, -0.2) is 9.97 Å². The number of rotatable bonds is 6. The summed E-state index contributed by atoms with van der Waals surface area (Å²) in [5.74, 6) is 0.0508. The summed E-state index contributed by atoms with van der Waals surface area (Å²) in [6.45, 7) is 5.49. The molecule has 0 spiro atoms. The highest BCUT2D eigenvalue weighted by Gasteiger charge is 2.21. The lowest BCUT2D eigenvalue weighted by Gasteiger charge is -2.16. The lowest BCUT2D eigenvalue weighted by molar-refractivity contribution is 0.102. The van der Waals surface area contributed by atoms with Crippen LogP contribution in [0.4, 0.5) is 17.2 Å². The van der Waals surface area contributed by atoms with Gasteiger partial charge in [0.05, 0.1) is 22.6 Å². The molecule has 0 bridgehead atoms. The van der Waals surface area contributed by atoms with Crippen LogP contribution in [0.15, 0.2) is 54.7 Å². The molecule has 2 aromatic heterocycles. The first-order chi connectivity index (χ1) is 16.7. The normalized spacial score (nSPS) is 11.1. The van der Waals surface area contributed by atoms with Crippen molar-refractivity contribution in [2.24, 2.45) is 0 Å². The highest BCUT2D eigenvalue weighted by atomic mass is 32.1. The van der Waals surface area contributed by atoms with E-state index in [4.69, 9.17) is 0 Å². The molecule has 3 N–H and O–H groups in total. The van der Waals surface area contributed by atoms with Gasteiger partial charge in [-0.05, 0) is 62.2 Å². The second kappa shape index (κ2) is 9.52. The number of fused-ring (bicyclic) bond motifs is 1. The van der Waals surface area contributed by atoms with Crippen molar-refractivity contribution in [3.05, 3.63) is 76.3 Å². The molecule has 2 aromatic carbocycles. The summed E-state index contributed by atoms with van der Waals surface area (Å²) in [6, 6.07) is 16.3. The van der Waals surface area contributed by atoms with Crippen molar-refractivity contribution in [3.8, 4) is 6.07 Å². The minimum atomic E-state index is -0.705. The van der Waals surface area contributed by atoms with Crippen LogP contribution in [-0.2, 0) is 5.41 Å². The van der Waals surface area contributed by atoms with Crippen LogP contribution in [0, 0.1) is 18.3 Å². The molecule has 2 heterocycles. The summed E-state index contributed by atoms with van der Waals surface area (Å²) >= 11 is 1.26. The zero-order valence-electron chi connectivity index (χ0n) is 19.8. The smallest absolute Gasteiger partial charge is 0.265 e. The molecule has 9 heteroatoms. The number of aromatic nitrogens is 2. The number of carbonyl (C=O) groups is 2. The summed E-state index contributed by atoms with van der Waals surface area (Å²) in [5, 5.41) is 18.1. The predicted molar refractivity (Wildman–Crippen MR) is 139 cm³/mol. The topological polar surface area (TPSA) is 120 Å². The Morgan fingerprint density at radius 3 is 2.60 bits per heavy atom. The van der Waals surface area contributed by atoms with Crippen LogP contribution >= 0.6 is 11.3 Å². The quantitative estimate of drug-likeness (QED) is 0.339.